The maximum atomic E-state index is 8.57. The molecule has 0 unspecified atom stereocenters. The van der Waals surface area contributed by atoms with Gasteiger partial charge in [0.2, 0.25) is 0 Å². The molecule has 0 aliphatic heterocycles. The van der Waals surface area contributed by atoms with Crippen molar-refractivity contribution in [1.29, 1.82) is 5.26 Å². The molecule has 3 nitrogen and oxygen atoms in total. The number of nitriles is 1. The van der Waals surface area contributed by atoms with E-state index in [0.717, 1.165) is 0 Å². The van der Waals surface area contributed by atoms with Crippen LogP contribution in [-0.4, -0.2) is 7.11 Å². The fraction of sp³-hybridized carbons (Fsp3) is 0.125. The molecule has 0 atom stereocenters. The van der Waals surface area contributed by atoms with E-state index in [-0.39, 0.29) is 0 Å². The number of methoxy groups -OCH3 is 1. The molecule has 0 N–H and O–H groups in total. The largest absolute Gasteiger partial charge is 0.493 e. The zero-order chi connectivity index (χ0) is 8.97. The average Bonchev–Trinajstić information content (AvgIpc) is 2.16. The maximum absolute atomic E-state index is 8.57. The van der Waals surface area contributed by atoms with Crippen LogP contribution in [0.3, 0.4) is 0 Å². The molecule has 0 saturated heterocycles. The van der Waals surface area contributed by atoms with Crippen molar-refractivity contribution in [2.24, 2.45) is 0 Å². The van der Waals surface area contributed by atoms with E-state index in [1.807, 2.05) is 6.07 Å². The molecule has 0 saturated carbocycles. The summed E-state index contributed by atoms with van der Waals surface area (Å²) >= 11 is 1.76. The van der Waals surface area contributed by atoms with Crippen LogP contribution in [0.25, 0.3) is 0 Å². The van der Waals surface area contributed by atoms with Crippen LogP contribution in [0.2, 0.25) is 0 Å². The molecule has 1 aromatic carbocycles. The monoisotopic (exact) mass is 275 g/mol. The molecule has 0 heterocycles. The van der Waals surface area contributed by atoms with Crippen molar-refractivity contribution in [2.75, 3.05) is 7.11 Å². The SMILES string of the molecule is COc1cc(C#N)ccc1OI. The molecule has 0 aromatic heterocycles. The molecule has 0 bridgehead atoms. The summed E-state index contributed by atoms with van der Waals surface area (Å²) in [5.74, 6) is 1.19. The number of halogens is 1. The molecule has 1 aromatic rings. The smallest absolute Gasteiger partial charge is 0.192 e. The Morgan fingerprint density at radius 2 is 2.17 bits per heavy atom. The number of ether oxygens (including phenoxy) is 1. The summed E-state index contributed by atoms with van der Waals surface area (Å²) in [6, 6.07) is 7.02. The fourth-order valence-electron chi connectivity index (χ4n) is 0.801. The molecule has 62 valence electrons. The van der Waals surface area contributed by atoms with E-state index in [9.17, 15) is 0 Å². The highest BCUT2D eigenvalue weighted by atomic mass is 127. The molecular formula is C8H6INO2. The van der Waals surface area contributed by atoms with Gasteiger partial charge in [-0.3, -0.25) is 0 Å². The van der Waals surface area contributed by atoms with Gasteiger partial charge >= 0.3 is 0 Å². The van der Waals surface area contributed by atoms with Gasteiger partial charge in [0.15, 0.2) is 34.5 Å². The highest BCUT2D eigenvalue weighted by Gasteiger charge is 2.03. The van der Waals surface area contributed by atoms with Crippen molar-refractivity contribution >= 4 is 23.0 Å². The third kappa shape index (κ3) is 1.80. The zero-order valence-electron chi connectivity index (χ0n) is 6.37. The Hall–Kier alpha value is -0.960. The first-order valence-corrected chi connectivity index (χ1v) is 4.06. The summed E-state index contributed by atoms with van der Waals surface area (Å²) in [7, 11) is 1.54. The van der Waals surface area contributed by atoms with Crippen molar-refractivity contribution in [3.63, 3.8) is 0 Å². The molecular weight excluding hydrogens is 269 g/mol. The third-order valence-electron chi connectivity index (χ3n) is 1.38. The number of hydrogen-bond acceptors (Lipinski definition) is 3. The van der Waals surface area contributed by atoms with Gasteiger partial charge in [-0.1, -0.05) is 0 Å². The van der Waals surface area contributed by atoms with Gasteiger partial charge in [0.05, 0.1) is 18.7 Å². The molecule has 0 radical (unpaired) electrons. The van der Waals surface area contributed by atoms with E-state index in [0.29, 0.717) is 17.1 Å². The lowest BCUT2D eigenvalue weighted by Crippen LogP contribution is -1.87. The number of benzene rings is 1. The van der Waals surface area contributed by atoms with Crippen LogP contribution in [0, 0.1) is 11.3 Å². The van der Waals surface area contributed by atoms with Crippen molar-refractivity contribution in [3.8, 4) is 17.6 Å². The van der Waals surface area contributed by atoms with Crippen LogP contribution >= 0.6 is 23.0 Å². The Morgan fingerprint density at radius 3 is 2.67 bits per heavy atom. The first-order valence-electron chi connectivity index (χ1n) is 3.18. The van der Waals surface area contributed by atoms with Gasteiger partial charge in [-0.15, -0.1) is 0 Å². The van der Waals surface area contributed by atoms with E-state index in [1.165, 1.54) is 7.11 Å². The van der Waals surface area contributed by atoms with E-state index >= 15 is 0 Å². The second-order valence-electron chi connectivity index (χ2n) is 2.05. The van der Waals surface area contributed by atoms with E-state index in [4.69, 9.17) is 13.1 Å². The van der Waals surface area contributed by atoms with Crippen LogP contribution in [-0.2, 0) is 0 Å². The van der Waals surface area contributed by atoms with E-state index < -0.39 is 0 Å². The number of hydrogen-bond donors (Lipinski definition) is 0. The van der Waals surface area contributed by atoms with Gasteiger partial charge in [-0.25, -0.2) is 0 Å². The predicted octanol–water partition coefficient (Wildman–Crippen LogP) is 2.30. The number of nitrogens with zero attached hydrogens (tertiary/aromatic N) is 1. The Morgan fingerprint density at radius 1 is 1.42 bits per heavy atom. The molecule has 0 fully saturated rings. The highest BCUT2D eigenvalue weighted by molar-refractivity contribution is 14.1. The average molecular weight is 275 g/mol. The standard InChI is InChI=1S/C8H6INO2/c1-11-8-4-6(5-10)2-3-7(8)12-9/h2-4H,1H3. The van der Waals surface area contributed by atoms with Crippen molar-refractivity contribution in [3.05, 3.63) is 23.8 Å². The van der Waals surface area contributed by atoms with Crippen LogP contribution in [0.5, 0.6) is 11.5 Å². The van der Waals surface area contributed by atoms with Gasteiger partial charge < -0.3 is 7.80 Å². The lowest BCUT2D eigenvalue weighted by Gasteiger charge is -2.04. The molecule has 0 aliphatic carbocycles. The summed E-state index contributed by atoms with van der Waals surface area (Å²) in [6.07, 6.45) is 0. The second-order valence-corrected chi connectivity index (χ2v) is 2.49. The van der Waals surface area contributed by atoms with Crippen LogP contribution in [0.15, 0.2) is 18.2 Å². The Bertz CT molecular complexity index is 319. The zero-order valence-corrected chi connectivity index (χ0v) is 8.53. The summed E-state index contributed by atoms with van der Waals surface area (Å²) in [6.45, 7) is 0. The summed E-state index contributed by atoms with van der Waals surface area (Å²) in [4.78, 5) is 0. The van der Waals surface area contributed by atoms with E-state index in [1.54, 1.807) is 41.2 Å². The maximum Gasteiger partial charge on any atom is 0.192 e. The first-order chi connectivity index (χ1) is 5.81. The van der Waals surface area contributed by atoms with Gasteiger partial charge in [0, 0.05) is 6.07 Å². The molecule has 4 heteroatoms. The second kappa shape index (κ2) is 4.16. The predicted molar refractivity (Wildman–Crippen MR) is 52.4 cm³/mol. The summed E-state index contributed by atoms with van der Waals surface area (Å²) in [5.41, 5.74) is 0.559. The minimum absolute atomic E-state index is 0.559. The topological polar surface area (TPSA) is 42.2 Å². The fourth-order valence-corrected chi connectivity index (χ4v) is 1.16. The first kappa shape index (κ1) is 9.13. The van der Waals surface area contributed by atoms with Crippen molar-refractivity contribution in [1.82, 2.24) is 0 Å². The van der Waals surface area contributed by atoms with Crippen LogP contribution < -0.4 is 7.80 Å². The molecule has 0 amide bonds. The van der Waals surface area contributed by atoms with Crippen LogP contribution in [0.4, 0.5) is 0 Å². The lowest BCUT2D eigenvalue weighted by molar-refractivity contribution is 0.403. The Balaban J connectivity index is 3.13. The minimum Gasteiger partial charge on any atom is -0.493 e. The molecule has 0 aliphatic rings. The van der Waals surface area contributed by atoms with Gasteiger partial charge in [0.25, 0.3) is 0 Å². The van der Waals surface area contributed by atoms with Gasteiger partial charge in [-0.05, 0) is 12.1 Å². The quantitative estimate of drug-likeness (QED) is 0.778. The Labute approximate surface area is 84.6 Å². The highest BCUT2D eigenvalue weighted by Crippen LogP contribution is 2.28. The Kier molecular flexibility index (Phi) is 3.17. The molecule has 0 spiro atoms. The minimum atomic E-state index is 0.559. The molecule has 12 heavy (non-hydrogen) atoms. The third-order valence-corrected chi connectivity index (χ3v) is 1.85. The summed E-state index contributed by atoms with van der Waals surface area (Å²) in [5, 5.41) is 8.57. The van der Waals surface area contributed by atoms with E-state index in [2.05, 4.69) is 0 Å². The lowest BCUT2D eigenvalue weighted by atomic mass is 10.2. The van der Waals surface area contributed by atoms with Crippen LogP contribution in [0.1, 0.15) is 5.56 Å². The van der Waals surface area contributed by atoms with Gasteiger partial charge in [0.1, 0.15) is 0 Å². The number of rotatable bonds is 2. The van der Waals surface area contributed by atoms with Gasteiger partial charge in [-0.2, -0.15) is 5.26 Å². The molecule has 1 rings (SSSR count). The normalized spacial score (nSPS) is 8.75. The summed E-state index contributed by atoms with van der Waals surface area (Å²) < 4.78 is 9.97. The van der Waals surface area contributed by atoms with Crippen molar-refractivity contribution < 1.29 is 7.80 Å². The van der Waals surface area contributed by atoms with Crippen molar-refractivity contribution in [2.45, 2.75) is 0 Å².